The highest BCUT2D eigenvalue weighted by molar-refractivity contribution is 6.70. The van der Waals surface area contributed by atoms with Crippen LogP contribution in [0.15, 0.2) is 11.8 Å². The average molecular weight is 629 g/mol. The molecule has 4 aliphatic rings. The summed E-state index contributed by atoms with van der Waals surface area (Å²) in [5.74, 6) is 4.51. The van der Waals surface area contributed by atoms with Gasteiger partial charge in [-0.25, -0.2) is 0 Å². The van der Waals surface area contributed by atoms with Crippen LogP contribution in [0.2, 0.25) is 19.6 Å². The minimum absolute atomic E-state index is 0.0803. The van der Waals surface area contributed by atoms with Crippen molar-refractivity contribution in [1.82, 2.24) is 0 Å². The van der Waals surface area contributed by atoms with Crippen molar-refractivity contribution in [1.29, 1.82) is 0 Å². The lowest BCUT2D eigenvalue weighted by Crippen LogP contribution is -2.53. The first-order chi connectivity index (χ1) is 21.1. The first kappa shape index (κ1) is 36.1. The number of hydrogen-bond acceptors (Lipinski definition) is 3. The zero-order valence-corrected chi connectivity index (χ0v) is 31.2. The maximum Gasteiger partial charge on any atom is 0.306 e. The predicted octanol–water partition coefficient (Wildman–Crippen LogP) is 12.5. The first-order valence-electron chi connectivity index (χ1n) is 19.6. The van der Waals surface area contributed by atoms with Crippen LogP contribution in [-0.4, -0.2) is 20.4 Å². The minimum Gasteiger partial charge on any atom is -0.548 e. The largest absolute Gasteiger partial charge is 0.548 e. The van der Waals surface area contributed by atoms with Gasteiger partial charge in [-0.15, -0.1) is 0 Å². The highest BCUT2D eigenvalue weighted by atomic mass is 28.4. The second kappa shape index (κ2) is 16.9. The molecule has 44 heavy (non-hydrogen) atoms. The van der Waals surface area contributed by atoms with E-state index in [1.54, 1.807) is 0 Å². The molecular weight excluding hydrogens is 557 g/mol. The van der Waals surface area contributed by atoms with E-state index >= 15 is 0 Å². The van der Waals surface area contributed by atoms with E-state index in [2.05, 4.69) is 46.5 Å². The maximum absolute atomic E-state index is 13.0. The van der Waals surface area contributed by atoms with Crippen LogP contribution in [0.5, 0.6) is 0 Å². The molecule has 0 bridgehead atoms. The van der Waals surface area contributed by atoms with Crippen molar-refractivity contribution in [3.63, 3.8) is 0 Å². The van der Waals surface area contributed by atoms with Crippen LogP contribution in [0.4, 0.5) is 0 Å². The van der Waals surface area contributed by atoms with Crippen LogP contribution in [0, 0.1) is 34.5 Å². The molecule has 254 valence electrons. The van der Waals surface area contributed by atoms with Gasteiger partial charge in [0.2, 0.25) is 8.32 Å². The standard InChI is InChI=1S/C40H72O3Si/c1-7-8-9-10-11-12-13-14-15-16-17-18-19-20-21-22-38(41)42-37-26-25-35-34-24-23-32-31-33(43-44(4,5)6)27-29-39(32,2)36(34)28-30-40(35,37)3/h27,32,34-37H,7-26,28-31H2,1-6H3/t32-,34-,35-,36-,37+,39-,40-/m0/s1. The number of unbranched alkanes of at least 4 members (excludes halogenated alkanes) is 14. The Hall–Kier alpha value is -0.773. The van der Waals surface area contributed by atoms with E-state index in [1.807, 2.05) is 0 Å². The number of ether oxygens (including phenoxy) is 1. The summed E-state index contributed by atoms with van der Waals surface area (Å²) in [6.45, 7) is 14.3. The molecule has 0 radical (unpaired) electrons. The lowest BCUT2D eigenvalue weighted by molar-refractivity contribution is -0.162. The van der Waals surface area contributed by atoms with Crippen LogP contribution in [-0.2, 0) is 14.0 Å². The number of hydrogen-bond donors (Lipinski definition) is 0. The highest BCUT2D eigenvalue weighted by Gasteiger charge is 2.60. The molecule has 7 atom stereocenters. The molecule has 0 aromatic carbocycles. The Labute approximate surface area is 274 Å². The zero-order chi connectivity index (χ0) is 31.6. The molecular formula is C40H72O3Si. The Bertz CT molecular complexity index is 907. The van der Waals surface area contributed by atoms with E-state index in [0.29, 0.717) is 11.8 Å². The Kier molecular flexibility index (Phi) is 13.8. The Morgan fingerprint density at radius 3 is 1.91 bits per heavy atom. The fourth-order valence-corrected chi connectivity index (χ4v) is 11.3. The third-order valence-corrected chi connectivity index (χ3v) is 13.8. The van der Waals surface area contributed by atoms with Crippen molar-refractivity contribution in [2.45, 2.75) is 201 Å². The highest BCUT2D eigenvalue weighted by Crippen LogP contribution is 2.66. The molecule has 0 aromatic rings. The summed E-state index contributed by atoms with van der Waals surface area (Å²) in [4.78, 5) is 13.0. The van der Waals surface area contributed by atoms with Gasteiger partial charge in [0, 0.05) is 18.3 Å². The van der Waals surface area contributed by atoms with Crippen molar-refractivity contribution in [3.8, 4) is 0 Å². The second-order valence-corrected chi connectivity index (χ2v) is 21.7. The van der Waals surface area contributed by atoms with Crippen molar-refractivity contribution < 1.29 is 14.0 Å². The fourth-order valence-electron chi connectivity index (χ4n) is 10.3. The van der Waals surface area contributed by atoms with Gasteiger partial charge in [-0.1, -0.05) is 111 Å². The summed E-state index contributed by atoms with van der Waals surface area (Å²) in [6, 6.07) is 0. The predicted molar refractivity (Wildman–Crippen MR) is 189 cm³/mol. The van der Waals surface area contributed by atoms with Gasteiger partial charge < -0.3 is 9.16 Å². The average Bonchev–Trinajstić information content (AvgIpc) is 3.30. The normalized spacial score (nSPS) is 33.2. The van der Waals surface area contributed by atoms with Gasteiger partial charge in [0.05, 0.1) is 5.76 Å². The number of rotatable bonds is 19. The Morgan fingerprint density at radius 2 is 1.32 bits per heavy atom. The first-order valence-corrected chi connectivity index (χ1v) is 23.0. The number of fused-ring (bicyclic) bond motifs is 5. The van der Waals surface area contributed by atoms with Gasteiger partial charge in [0.1, 0.15) is 6.10 Å². The molecule has 3 nitrogen and oxygen atoms in total. The van der Waals surface area contributed by atoms with Crippen LogP contribution >= 0.6 is 0 Å². The van der Waals surface area contributed by atoms with Crippen LogP contribution < -0.4 is 0 Å². The van der Waals surface area contributed by atoms with Crippen LogP contribution in [0.25, 0.3) is 0 Å². The van der Waals surface area contributed by atoms with Crippen molar-refractivity contribution in [2.24, 2.45) is 34.5 Å². The van der Waals surface area contributed by atoms with Gasteiger partial charge in [-0.3, -0.25) is 4.79 Å². The fraction of sp³-hybridized carbons (Fsp3) is 0.925. The lowest BCUT2D eigenvalue weighted by Gasteiger charge is -2.59. The monoisotopic (exact) mass is 629 g/mol. The summed E-state index contributed by atoms with van der Waals surface area (Å²) >= 11 is 0. The zero-order valence-electron chi connectivity index (χ0n) is 30.2. The smallest absolute Gasteiger partial charge is 0.306 e. The molecule has 0 amide bonds. The number of allylic oxidation sites excluding steroid dienone is 2. The molecule has 4 aliphatic carbocycles. The Balaban J connectivity index is 1.10. The van der Waals surface area contributed by atoms with Crippen LogP contribution in [0.3, 0.4) is 0 Å². The summed E-state index contributed by atoms with van der Waals surface area (Å²) < 4.78 is 12.8. The van der Waals surface area contributed by atoms with Gasteiger partial charge in [-0.2, -0.15) is 0 Å². The molecule has 0 heterocycles. The quantitative estimate of drug-likeness (QED) is 0.0811. The van der Waals surface area contributed by atoms with Gasteiger partial charge >= 0.3 is 5.97 Å². The molecule has 4 rings (SSSR count). The number of carbonyl (C=O) groups is 1. The maximum atomic E-state index is 13.0. The summed E-state index contributed by atoms with van der Waals surface area (Å²) in [7, 11) is -1.55. The topological polar surface area (TPSA) is 35.5 Å². The third-order valence-electron chi connectivity index (χ3n) is 12.9. The summed E-state index contributed by atoms with van der Waals surface area (Å²) in [6.07, 6.45) is 33.6. The van der Waals surface area contributed by atoms with Crippen LogP contribution in [0.1, 0.15) is 175 Å². The molecule has 0 aliphatic heterocycles. The van der Waals surface area contributed by atoms with E-state index in [-0.39, 0.29) is 17.5 Å². The minimum atomic E-state index is -1.55. The van der Waals surface area contributed by atoms with Gasteiger partial charge in [-0.05, 0) is 106 Å². The second-order valence-electron chi connectivity index (χ2n) is 17.3. The SMILES string of the molecule is CCCCCCCCCCCCCCCCCC(=O)O[C@@H]1CC[C@H]2[C@@H]3CC[C@H]4CC(O[Si](C)(C)C)=CC[C@]4(C)[C@H]3CC[C@]12C. The lowest BCUT2D eigenvalue weighted by atomic mass is 9.46. The molecule has 0 saturated heterocycles. The summed E-state index contributed by atoms with van der Waals surface area (Å²) in [5.41, 5.74) is 0.602. The number of esters is 1. The molecule has 0 aromatic heterocycles. The van der Waals surface area contributed by atoms with E-state index in [4.69, 9.17) is 9.16 Å². The molecule has 4 heteroatoms. The number of carbonyl (C=O) groups excluding carboxylic acids is 1. The van der Waals surface area contributed by atoms with E-state index < -0.39 is 8.32 Å². The van der Waals surface area contributed by atoms with Gasteiger partial charge in [0.15, 0.2) is 0 Å². The van der Waals surface area contributed by atoms with E-state index in [9.17, 15) is 4.79 Å². The van der Waals surface area contributed by atoms with Gasteiger partial charge in [0.25, 0.3) is 0 Å². The third kappa shape index (κ3) is 9.63. The van der Waals surface area contributed by atoms with E-state index in [0.717, 1.165) is 42.9 Å². The molecule has 3 fully saturated rings. The molecule has 0 unspecified atom stereocenters. The van der Waals surface area contributed by atoms with Crippen molar-refractivity contribution in [3.05, 3.63) is 11.8 Å². The molecule has 0 N–H and O–H groups in total. The van der Waals surface area contributed by atoms with E-state index in [1.165, 1.54) is 134 Å². The molecule has 0 spiro atoms. The summed E-state index contributed by atoms with van der Waals surface area (Å²) in [5, 5.41) is 0. The van der Waals surface area contributed by atoms with Crippen molar-refractivity contribution in [2.75, 3.05) is 0 Å². The molecule has 3 saturated carbocycles. The van der Waals surface area contributed by atoms with Crippen molar-refractivity contribution >= 4 is 14.3 Å². The Morgan fingerprint density at radius 1 is 0.750 bits per heavy atom.